The van der Waals surface area contributed by atoms with Crippen molar-refractivity contribution in [2.45, 2.75) is 45.6 Å². The number of nitrogens with two attached hydrogens (primary N) is 1. The second kappa shape index (κ2) is 6.06. The molecule has 0 aromatic heterocycles. The maximum absolute atomic E-state index is 12.2. The van der Waals surface area contributed by atoms with Crippen molar-refractivity contribution < 1.29 is 4.79 Å². The third-order valence-corrected chi connectivity index (χ3v) is 3.92. The van der Waals surface area contributed by atoms with Gasteiger partial charge in [-0.05, 0) is 49.4 Å². The Kier molecular flexibility index (Phi) is 4.43. The first-order valence-corrected chi connectivity index (χ1v) is 6.98. The number of hydrazine groups is 1. The lowest BCUT2D eigenvalue weighted by Crippen LogP contribution is -2.38. The van der Waals surface area contributed by atoms with E-state index in [1.165, 1.54) is 12.8 Å². The van der Waals surface area contributed by atoms with Gasteiger partial charge in [-0.25, -0.2) is 0 Å². The first-order chi connectivity index (χ1) is 9.10. The van der Waals surface area contributed by atoms with Gasteiger partial charge in [-0.2, -0.15) is 0 Å². The van der Waals surface area contributed by atoms with Crippen molar-refractivity contribution >= 4 is 11.6 Å². The van der Waals surface area contributed by atoms with Gasteiger partial charge in [0.05, 0.1) is 5.69 Å². The van der Waals surface area contributed by atoms with E-state index in [9.17, 15) is 4.79 Å². The van der Waals surface area contributed by atoms with Gasteiger partial charge >= 0.3 is 0 Å². The number of anilines is 1. The summed E-state index contributed by atoms with van der Waals surface area (Å²) < 4.78 is 0. The molecule has 2 rings (SSSR count). The average Bonchev–Trinajstić information content (AvgIpc) is 2.38. The Morgan fingerprint density at radius 2 is 2.16 bits per heavy atom. The number of nitrogen functional groups attached to an aromatic ring is 1. The summed E-state index contributed by atoms with van der Waals surface area (Å²) in [7, 11) is 0. The Morgan fingerprint density at radius 3 is 2.79 bits per heavy atom. The number of amides is 1. The smallest absolute Gasteiger partial charge is 0.251 e. The number of hydrogen-bond acceptors (Lipinski definition) is 3. The number of benzene rings is 1. The molecule has 0 bridgehead atoms. The lowest BCUT2D eigenvalue weighted by atomic mass is 9.87. The topological polar surface area (TPSA) is 67.2 Å². The highest BCUT2D eigenvalue weighted by Crippen LogP contribution is 2.24. The molecule has 2 atom stereocenters. The molecule has 4 heteroatoms. The van der Waals surface area contributed by atoms with Gasteiger partial charge in [0.25, 0.3) is 5.91 Å². The van der Waals surface area contributed by atoms with E-state index >= 15 is 0 Å². The maximum atomic E-state index is 12.2. The number of aryl methyl sites for hydroxylation is 1. The average molecular weight is 261 g/mol. The van der Waals surface area contributed by atoms with E-state index in [0.717, 1.165) is 24.1 Å². The van der Waals surface area contributed by atoms with E-state index in [1.54, 1.807) is 0 Å². The molecule has 1 aromatic carbocycles. The molecule has 4 nitrogen and oxygen atoms in total. The highest BCUT2D eigenvalue weighted by molar-refractivity contribution is 5.95. The fraction of sp³-hybridized carbons (Fsp3) is 0.533. The minimum Gasteiger partial charge on any atom is -0.349 e. The van der Waals surface area contributed by atoms with E-state index < -0.39 is 0 Å². The molecule has 104 valence electrons. The Labute approximate surface area is 114 Å². The Balaban J connectivity index is 2.01. The van der Waals surface area contributed by atoms with Crippen LogP contribution < -0.4 is 16.6 Å². The Morgan fingerprint density at radius 1 is 1.37 bits per heavy atom. The minimum absolute atomic E-state index is 0.0192. The molecule has 4 N–H and O–H groups in total. The predicted octanol–water partition coefficient (Wildman–Crippen LogP) is 2.59. The van der Waals surface area contributed by atoms with E-state index in [4.69, 9.17) is 5.84 Å². The van der Waals surface area contributed by atoms with Crippen molar-refractivity contribution in [3.63, 3.8) is 0 Å². The van der Waals surface area contributed by atoms with Gasteiger partial charge in [0, 0.05) is 11.6 Å². The number of nitrogens with one attached hydrogen (secondary N) is 2. The van der Waals surface area contributed by atoms with Crippen molar-refractivity contribution in [1.82, 2.24) is 5.32 Å². The largest absolute Gasteiger partial charge is 0.349 e. The molecular weight excluding hydrogens is 238 g/mol. The highest BCUT2D eigenvalue weighted by atomic mass is 16.1. The van der Waals surface area contributed by atoms with Crippen LogP contribution in [-0.2, 0) is 0 Å². The van der Waals surface area contributed by atoms with Crippen LogP contribution >= 0.6 is 0 Å². The summed E-state index contributed by atoms with van der Waals surface area (Å²) in [5, 5.41) is 3.14. The van der Waals surface area contributed by atoms with Crippen LogP contribution in [0.4, 0.5) is 5.69 Å². The molecule has 1 aromatic rings. The quantitative estimate of drug-likeness (QED) is 0.578. The SMILES string of the molecule is Cc1cc(C(=O)NC2CCCC(C)C2)ccc1NN. The van der Waals surface area contributed by atoms with Crippen molar-refractivity contribution in [1.29, 1.82) is 0 Å². The molecule has 1 aliphatic rings. The van der Waals surface area contributed by atoms with Crippen molar-refractivity contribution in [2.24, 2.45) is 11.8 Å². The van der Waals surface area contributed by atoms with Gasteiger partial charge in [-0.1, -0.05) is 19.8 Å². The van der Waals surface area contributed by atoms with Crippen LogP contribution in [0.3, 0.4) is 0 Å². The fourth-order valence-corrected chi connectivity index (χ4v) is 2.80. The molecule has 0 radical (unpaired) electrons. The van der Waals surface area contributed by atoms with Crippen molar-refractivity contribution in [3.05, 3.63) is 29.3 Å². The summed E-state index contributed by atoms with van der Waals surface area (Å²) in [6, 6.07) is 5.85. The summed E-state index contributed by atoms with van der Waals surface area (Å²) in [5.74, 6) is 6.12. The first-order valence-electron chi connectivity index (χ1n) is 6.98. The molecule has 0 spiro atoms. The summed E-state index contributed by atoms with van der Waals surface area (Å²) in [4.78, 5) is 12.2. The molecular formula is C15H23N3O. The number of carbonyl (C=O) groups excluding carboxylic acids is 1. The summed E-state index contributed by atoms with van der Waals surface area (Å²) in [6.07, 6.45) is 4.67. The van der Waals surface area contributed by atoms with Gasteiger partial charge in [-0.3, -0.25) is 10.6 Å². The van der Waals surface area contributed by atoms with Crippen LogP contribution in [0.2, 0.25) is 0 Å². The standard InChI is InChI=1S/C15H23N3O/c1-10-4-3-5-13(8-10)17-15(19)12-6-7-14(18-16)11(2)9-12/h6-7,9-10,13,18H,3-5,8,16H2,1-2H3,(H,17,19). The van der Waals surface area contributed by atoms with E-state index in [2.05, 4.69) is 17.7 Å². The van der Waals surface area contributed by atoms with Crippen LogP contribution in [0.15, 0.2) is 18.2 Å². The first kappa shape index (κ1) is 13.9. The van der Waals surface area contributed by atoms with Crippen LogP contribution in [0, 0.1) is 12.8 Å². The van der Waals surface area contributed by atoms with E-state index in [0.29, 0.717) is 17.5 Å². The van der Waals surface area contributed by atoms with E-state index in [-0.39, 0.29) is 5.91 Å². The van der Waals surface area contributed by atoms with Crippen LogP contribution in [-0.4, -0.2) is 11.9 Å². The summed E-state index contributed by atoms with van der Waals surface area (Å²) >= 11 is 0. The van der Waals surface area contributed by atoms with Gasteiger partial charge in [0.2, 0.25) is 0 Å². The molecule has 1 amide bonds. The third kappa shape index (κ3) is 3.47. The molecule has 0 saturated heterocycles. The monoisotopic (exact) mass is 261 g/mol. The lowest BCUT2D eigenvalue weighted by molar-refractivity contribution is 0.0921. The molecule has 19 heavy (non-hydrogen) atoms. The molecule has 2 unspecified atom stereocenters. The van der Waals surface area contributed by atoms with Crippen molar-refractivity contribution in [3.8, 4) is 0 Å². The second-order valence-corrected chi connectivity index (χ2v) is 5.62. The number of hydrogen-bond donors (Lipinski definition) is 3. The zero-order valence-corrected chi connectivity index (χ0v) is 11.7. The van der Waals surface area contributed by atoms with Crippen LogP contribution in [0.5, 0.6) is 0 Å². The Bertz CT molecular complexity index is 459. The summed E-state index contributed by atoms with van der Waals surface area (Å²) in [5.41, 5.74) is 5.15. The summed E-state index contributed by atoms with van der Waals surface area (Å²) in [6.45, 7) is 4.19. The maximum Gasteiger partial charge on any atom is 0.251 e. The minimum atomic E-state index is 0.0192. The van der Waals surface area contributed by atoms with Gasteiger partial charge in [0.15, 0.2) is 0 Å². The molecule has 1 saturated carbocycles. The zero-order valence-electron chi connectivity index (χ0n) is 11.7. The lowest BCUT2D eigenvalue weighted by Gasteiger charge is -2.27. The zero-order chi connectivity index (χ0) is 13.8. The highest BCUT2D eigenvalue weighted by Gasteiger charge is 2.20. The normalized spacial score (nSPS) is 22.9. The van der Waals surface area contributed by atoms with Gasteiger partial charge < -0.3 is 10.7 Å². The predicted molar refractivity (Wildman–Crippen MR) is 77.9 cm³/mol. The van der Waals surface area contributed by atoms with Gasteiger partial charge in [0.1, 0.15) is 0 Å². The van der Waals surface area contributed by atoms with Crippen LogP contribution in [0.1, 0.15) is 48.5 Å². The second-order valence-electron chi connectivity index (χ2n) is 5.62. The molecule has 0 aliphatic heterocycles. The van der Waals surface area contributed by atoms with E-state index in [1.807, 2.05) is 25.1 Å². The fourth-order valence-electron chi connectivity index (χ4n) is 2.80. The van der Waals surface area contributed by atoms with Crippen molar-refractivity contribution in [2.75, 3.05) is 5.43 Å². The number of rotatable bonds is 3. The number of carbonyl (C=O) groups is 1. The van der Waals surface area contributed by atoms with Crippen LogP contribution in [0.25, 0.3) is 0 Å². The van der Waals surface area contributed by atoms with Gasteiger partial charge in [-0.15, -0.1) is 0 Å². The molecule has 1 fully saturated rings. The third-order valence-electron chi connectivity index (χ3n) is 3.92. The molecule has 1 aliphatic carbocycles. The molecule has 0 heterocycles. The Hall–Kier alpha value is -1.55.